The molecule has 120 valence electrons. The number of carbonyl (C=O) groups excluding carboxylic acids is 1. The van der Waals surface area contributed by atoms with E-state index in [0.717, 1.165) is 10.3 Å². The molecule has 0 fully saturated rings. The van der Waals surface area contributed by atoms with Crippen molar-refractivity contribution >= 4 is 17.5 Å². The van der Waals surface area contributed by atoms with Crippen LogP contribution in [0.25, 0.3) is 0 Å². The largest absolute Gasteiger partial charge is 0.468 e. The lowest BCUT2D eigenvalue weighted by Crippen LogP contribution is -2.19. The third-order valence-electron chi connectivity index (χ3n) is 3.27. The monoisotopic (exact) mass is 331 g/mol. The molecule has 0 atom stereocenters. The summed E-state index contributed by atoms with van der Waals surface area (Å²) in [5, 5.41) is 0. The van der Waals surface area contributed by atoms with Crippen molar-refractivity contribution in [1.29, 1.82) is 0 Å². The van der Waals surface area contributed by atoms with E-state index in [1.165, 1.54) is 17.8 Å². The SMILES string of the molecule is Cc1cc(C(=O)CSCc2ccco2)c(C)n1CC(F)(F)F. The normalized spacial score (nSPS) is 11.9. The Kier molecular flexibility index (Phi) is 5.05. The molecule has 2 rings (SSSR count). The van der Waals surface area contributed by atoms with Gasteiger partial charge in [0.2, 0.25) is 0 Å². The van der Waals surface area contributed by atoms with Gasteiger partial charge in [-0.05, 0) is 32.0 Å². The van der Waals surface area contributed by atoms with Crippen molar-refractivity contribution in [3.05, 3.63) is 47.2 Å². The lowest BCUT2D eigenvalue weighted by Gasteiger charge is -2.12. The molecular formula is C15H16F3NO2S. The Bertz CT molecular complexity index is 645. The summed E-state index contributed by atoms with van der Waals surface area (Å²) in [6.45, 7) is 2.05. The number of hydrogen-bond donors (Lipinski definition) is 0. The molecule has 0 saturated heterocycles. The summed E-state index contributed by atoms with van der Waals surface area (Å²) in [7, 11) is 0. The molecule has 0 spiro atoms. The van der Waals surface area contributed by atoms with Crippen molar-refractivity contribution in [2.45, 2.75) is 32.3 Å². The summed E-state index contributed by atoms with van der Waals surface area (Å²) >= 11 is 1.38. The second-order valence-corrected chi connectivity index (χ2v) is 5.97. The van der Waals surface area contributed by atoms with Gasteiger partial charge in [-0.25, -0.2) is 0 Å². The molecule has 0 saturated carbocycles. The molecule has 0 aliphatic heterocycles. The second kappa shape index (κ2) is 6.64. The minimum atomic E-state index is -4.30. The first kappa shape index (κ1) is 16.7. The van der Waals surface area contributed by atoms with Crippen LogP contribution in [0.5, 0.6) is 0 Å². The van der Waals surface area contributed by atoms with E-state index in [1.807, 2.05) is 6.07 Å². The summed E-state index contributed by atoms with van der Waals surface area (Å²) in [6, 6.07) is 5.10. The Morgan fingerprint density at radius 1 is 1.36 bits per heavy atom. The van der Waals surface area contributed by atoms with E-state index in [4.69, 9.17) is 4.42 Å². The van der Waals surface area contributed by atoms with E-state index in [0.29, 0.717) is 22.7 Å². The van der Waals surface area contributed by atoms with Gasteiger partial charge in [0.1, 0.15) is 12.3 Å². The first-order chi connectivity index (χ1) is 10.3. The molecule has 0 aliphatic rings. The maximum atomic E-state index is 12.6. The van der Waals surface area contributed by atoms with Crippen LogP contribution in [0.4, 0.5) is 13.2 Å². The molecule has 2 heterocycles. The lowest BCUT2D eigenvalue weighted by atomic mass is 10.2. The van der Waals surface area contributed by atoms with Crippen molar-refractivity contribution in [3.8, 4) is 0 Å². The van der Waals surface area contributed by atoms with Gasteiger partial charge in [-0.2, -0.15) is 13.2 Å². The number of thioether (sulfide) groups is 1. The van der Waals surface area contributed by atoms with Crippen molar-refractivity contribution in [2.75, 3.05) is 5.75 Å². The van der Waals surface area contributed by atoms with Crippen LogP contribution < -0.4 is 0 Å². The number of halogens is 3. The van der Waals surface area contributed by atoms with E-state index in [9.17, 15) is 18.0 Å². The van der Waals surface area contributed by atoms with Crippen LogP contribution in [0.2, 0.25) is 0 Å². The van der Waals surface area contributed by atoms with Gasteiger partial charge in [0.05, 0.1) is 17.8 Å². The van der Waals surface area contributed by atoms with E-state index in [2.05, 4.69) is 0 Å². The smallest absolute Gasteiger partial charge is 0.406 e. The predicted molar refractivity (Wildman–Crippen MR) is 79.2 cm³/mol. The number of ketones is 1. The summed E-state index contributed by atoms with van der Waals surface area (Å²) in [5.41, 5.74) is 1.15. The first-order valence-electron chi connectivity index (χ1n) is 6.65. The molecule has 0 radical (unpaired) electrons. The van der Waals surface area contributed by atoms with Gasteiger partial charge < -0.3 is 8.98 Å². The molecule has 2 aromatic rings. The second-order valence-electron chi connectivity index (χ2n) is 4.98. The topological polar surface area (TPSA) is 35.1 Å². The van der Waals surface area contributed by atoms with E-state index in [-0.39, 0.29) is 11.5 Å². The number of aromatic nitrogens is 1. The first-order valence-corrected chi connectivity index (χ1v) is 7.80. The predicted octanol–water partition coefficient (Wildman–Crippen LogP) is 4.38. The molecule has 0 aliphatic carbocycles. The van der Waals surface area contributed by atoms with Gasteiger partial charge in [0.15, 0.2) is 5.78 Å². The zero-order valence-corrected chi connectivity index (χ0v) is 13.1. The van der Waals surface area contributed by atoms with Crippen LogP contribution >= 0.6 is 11.8 Å². The van der Waals surface area contributed by atoms with E-state index < -0.39 is 12.7 Å². The van der Waals surface area contributed by atoms with Crippen LogP contribution in [-0.4, -0.2) is 22.3 Å². The molecule has 2 aromatic heterocycles. The van der Waals surface area contributed by atoms with Crippen molar-refractivity contribution in [3.63, 3.8) is 0 Å². The average Bonchev–Trinajstić information content (AvgIpc) is 3.01. The quantitative estimate of drug-likeness (QED) is 0.737. The minimum absolute atomic E-state index is 0.168. The van der Waals surface area contributed by atoms with E-state index in [1.54, 1.807) is 26.2 Å². The minimum Gasteiger partial charge on any atom is -0.468 e. The average molecular weight is 331 g/mol. The van der Waals surface area contributed by atoms with Crippen LogP contribution in [0.3, 0.4) is 0 Å². The standard InChI is InChI=1S/C15H16F3NO2S/c1-10-6-13(11(2)19(10)9-15(16,17)18)14(20)8-22-7-12-4-3-5-21-12/h3-6H,7-9H2,1-2H3. The number of rotatable bonds is 6. The van der Waals surface area contributed by atoms with Gasteiger partial charge in [0, 0.05) is 17.0 Å². The Morgan fingerprint density at radius 3 is 2.68 bits per heavy atom. The number of Topliss-reactive ketones (excluding diaryl/α,β-unsaturated/α-hetero) is 1. The zero-order valence-electron chi connectivity index (χ0n) is 12.2. The number of aryl methyl sites for hydroxylation is 1. The number of hydrogen-bond acceptors (Lipinski definition) is 3. The summed E-state index contributed by atoms with van der Waals surface area (Å²) in [6.07, 6.45) is -2.74. The fourth-order valence-electron chi connectivity index (χ4n) is 2.22. The van der Waals surface area contributed by atoms with Gasteiger partial charge in [-0.3, -0.25) is 4.79 Å². The molecule has 0 aromatic carbocycles. The third-order valence-corrected chi connectivity index (χ3v) is 4.22. The van der Waals surface area contributed by atoms with Gasteiger partial charge >= 0.3 is 6.18 Å². The molecule has 3 nitrogen and oxygen atoms in total. The number of nitrogens with zero attached hydrogens (tertiary/aromatic N) is 1. The molecule has 7 heteroatoms. The fourth-order valence-corrected chi connectivity index (χ4v) is 3.03. The highest BCUT2D eigenvalue weighted by molar-refractivity contribution is 7.99. The maximum Gasteiger partial charge on any atom is 0.406 e. The van der Waals surface area contributed by atoms with Crippen molar-refractivity contribution in [1.82, 2.24) is 4.57 Å². The summed E-state index contributed by atoms with van der Waals surface area (Å²) in [4.78, 5) is 12.2. The van der Waals surface area contributed by atoms with Gasteiger partial charge in [0.25, 0.3) is 0 Å². The molecule has 22 heavy (non-hydrogen) atoms. The third kappa shape index (κ3) is 4.19. The van der Waals surface area contributed by atoms with Crippen molar-refractivity contribution in [2.24, 2.45) is 0 Å². The van der Waals surface area contributed by atoms with Crippen molar-refractivity contribution < 1.29 is 22.4 Å². The number of furan rings is 1. The Morgan fingerprint density at radius 2 is 2.09 bits per heavy atom. The molecule has 0 N–H and O–H groups in total. The van der Waals surface area contributed by atoms with Crippen LogP contribution in [0.15, 0.2) is 28.9 Å². The summed E-state index contributed by atoms with van der Waals surface area (Å²) in [5.74, 6) is 1.36. The van der Waals surface area contributed by atoms with Gasteiger partial charge in [-0.1, -0.05) is 0 Å². The molecule has 0 bridgehead atoms. The Labute approximate surface area is 130 Å². The molecule has 0 unspecified atom stereocenters. The maximum absolute atomic E-state index is 12.6. The molecular weight excluding hydrogens is 315 g/mol. The van der Waals surface area contributed by atoms with Crippen LogP contribution in [0.1, 0.15) is 27.5 Å². The Hall–Kier alpha value is -1.63. The van der Waals surface area contributed by atoms with E-state index >= 15 is 0 Å². The fraction of sp³-hybridized carbons (Fsp3) is 0.400. The zero-order chi connectivity index (χ0) is 16.3. The van der Waals surface area contributed by atoms with Crippen LogP contribution in [0, 0.1) is 13.8 Å². The lowest BCUT2D eigenvalue weighted by molar-refractivity contribution is -0.141. The highest BCUT2D eigenvalue weighted by atomic mass is 32.2. The number of carbonyl (C=O) groups is 1. The summed E-state index contributed by atoms with van der Waals surface area (Å²) < 4.78 is 43.9. The van der Waals surface area contributed by atoms with Crippen LogP contribution in [-0.2, 0) is 12.3 Å². The highest BCUT2D eigenvalue weighted by Crippen LogP contribution is 2.24. The number of alkyl halides is 3. The Balaban J connectivity index is 2.02. The highest BCUT2D eigenvalue weighted by Gasteiger charge is 2.30. The van der Waals surface area contributed by atoms with Gasteiger partial charge in [-0.15, -0.1) is 11.8 Å². The molecule has 0 amide bonds.